The molecule has 5 rings (SSSR count). The third-order valence-electron chi connectivity index (χ3n) is 7.12. The molecule has 198 valence electrons. The van der Waals surface area contributed by atoms with E-state index in [1.165, 1.54) is 36.1 Å². The summed E-state index contributed by atoms with van der Waals surface area (Å²) >= 11 is 0. The molecule has 0 bridgehead atoms. The molecule has 2 fully saturated rings. The van der Waals surface area contributed by atoms with E-state index in [0.29, 0.717) is 5.39 Å². The number of alkyl halides is 3. The standard InChI is InChI=1S/C25H27F4N5O2S/c1-14(16-4-3-5-17(20(16)26)21(27)28)32-22-18-12-19(24(35)34(2)23(18)31-13-30-22)25(29)8-10-37(36,11-9-25)33-15-6-7-15/h3-5,12-15,21H,6-11H2,1-2H3,(H,30,31,32). The molecule has 7 nitrogen and oxygen atoms in total. The van der Waals surface area contributed by atoms with Crippen LogP contribution in [0.1, 0.15) is 61.8 Å². The lowest BCUT2D eigenvalue weighted by Crippen LogP contribution is -2.39. The highest BCUT2D eigenvalue weighted by Crippen LogP contribution is 2.39. The van der Waals surface area contributed by atoms with Crippen molar-refractivity contribution in [1.82, 2.24) is 14.5 Å². The zero-order chi connectivity index (χ0) is 26.5. The lowest BCUT2D eigenvalue weighted by atomic mass is 9.90. The molecule has 0 amide bonds. The molecule has 0 spiro atoms. The SMILES string of the molecule is CC(Nc1ncnc2c1cc(C1(F)CCS(=O)(=NC3CC3)CC1)c(=O)n2C)c1cccc(C(F)F)c1F. The Balaban J connectivity index is 1.52. The van der Waals surface area contributed by atoms with Crippen LogP contribution in [-0.4, -0.2) is 36.3 Å². The fourth-order valence-electron chi connectivity index (χ4n) is 4.76. The molecule has 1 N–H and O–H groups in total. The number of benzene rings is 1. The van der Waals surface area contributed by atoms with Gasteiger partial charge in [-0.05, 0) is 38.7 Å². The lowest BCUT2D eigenvalue weighted by molar-refractivity contribution is 0.146. The number of rotatable bonds is 6. The highest BCUT2D eigenvalue weighted by molar-refractivity contribution is 7.93. The molecule has 12 heteroatoms. The van der Waals surface area contributed by atoms with Gasteiger partial charge in [0, 0.05) is 33.8 Å². The van der Waals surface area contributed by atoms with E-state index in [4.69, 9.17) is 0 Å². The highest BCUT2D eigenvalue weighted by Gasteiger charge is 2.41. The molecule has 2 aliphatic rings. The summed E-state index contributed by atoms with van der Waals surface area (Å²) < 4.78 is 76.0. The average molecular weight is 538 g/mol. The summed E-state index contributed by atoms with van der Waals surface area (Å²) in [5.74, 6) is -0.667. The van der Waals surface area contributed by atoms with Crippen molar-refractivity contribution in [3.8, 4) is 0 Å². The minimum Gasteiger partial charge on any atom is -0.363 e. The van der Waals surface area contributed by atoms with Gasteiger partial charge in [-0.3, -0.25) is 9.36 Å². The maximum atomic E-state index is 16.2. The third-order valence-corrected chi connectivity index (χ3v) is 9.49. The predicted octanol–water partition coefficient (Wildman–Crippen LogP) is 5.17. The van der Waals surface area contributed by atoms with Gasteiger partial charge in [0.25, 0.3) is 12.0 Å². The van der Waals surface area contributed by atoms with E-state index in [1.807, 2.05) is 0 Å². The summed E-state index contributed by atoms with van der Waals surface area (Å²) in [4.78, 5) is 21.5. The summed E-state index contributed by atoms with van der Waals surface area (Å²) in [7, 11) is -1.02. The van der Waals surface area contributed by atoms with Gasteiger partial charge >= 0.3 is 0 Å². The fraction of sp³-hybridized carbons (Fsp3) is 0.480. The molecule has 1 aliphatic heterocycles. The number of fused-ring (bicyclic) bond motifs is 1. The predicted molar refractivity (Wildman–Crippen MR) is 134 cm³/mol. The Kier molecular flexibility index (Phi) is 6.49. The van der Waals surface area contributed by atoms with Crippen molar-refractivity contribution < 1.29 is 21.8 Å². The Morgan fingerprint density at radius 1 is 1.19 bits per heavy atom. The van der Waals surface area contributed by atoms with Crippen LogP contribution in [0.25, 0.3) is 11.0 Å². The molecular weight excluding hydrogens is 510 g/mol. The summed E-state index contributed by atoms with van der Waals surface area (Å²) in [5, 5.41) is 3.33. The molecule has 0 radical (unpaired) electrons. The first-order chi connectivity index (χ1) is 17.5. The van der Waals surface area contributed by atoms with Crippen LogP contribution in [0.5, 0.6) is 0 Å². The van der Waals surface area contributed by atoms with Gasteiger partial charge < -0.3 is 5.32 Å². The Morgan fingerprint density at radius 2 is 1.86 bits per heavy atom. The van der Waals surface area contributed by atoms with E-state index in [-0.39, 0.29) is 53.0 Å². The average Bonchev–Trinajstić information content (AvgIpc) is 3.67. The van der Waals surface area contributed by atoms with E-state index < -0.39 is 44.8 Å². The molecule has 1 aliphatic carbocycles. The molecular formula is C25H27F4N5O2S. The first-order valence-corrected chi connectivity index (χ1v) is 14.0. The van der Waals surface area contributed by atoms with Crippen LogP contribution in [0.15, 0.2) is 39.8 Å². The van der Waals surface area contributed by atoms with Gasteiger partial charge in [-0.25, -0.2) is 36.1 Å². The van der Waals surface area contributed by atoms with Crippen LogP contribution in [0.3, 0.4) is 0 Å². The fourth-order valence-corrected chi connectivity index (χ4v) is 7.21. The number of hydrogen-bond acceptors (Lipinski definition) is 6. The van der Waals surface area contributed by atoms with Crippen molar-refractivity contribution in [1.29, 1.82) is 0 Å². The number of hydrogen-bond donors (Lipinski definition) is 1. The van der Waals surface area contributed by atoms with Crippen molar-refractivity contribution >= 4 is 26.6 Å². The number of nitrogens with zero attached hydrogens (tertiary/aromatic N) is 4. The molecule has 3 aromatic rings. The zero-order valence-electron chi connectivity index (χ0n) is 20.4. The largest absolute Gasteiger partial charge is 0.363 e. The maximum absolute atomic E-state index is 16.2. The van der Waals surface area contributed by atoms with Gasteiger partial charge in [-0.1, -0.05) is 18.2 Å². The van der Waals surface area contributed by atoms with Gasteiger partial charge in [-0.2, -0.15) is 0 Å². The number of aromatic nitrogens is 3. The van der Waals surface area contributed by atoms with Gasteiger partial charge in [0.2, 0.25) is 0 Å². The summed E-state index contributed by atoms with van der Waals surface area (Å²) in [5.41, 5.74) is -3.11. The zero-order valence-corrected chi connectivity index (χ0v) is 21.2. The van der Waals surface area contributed by atoms with Gasteiger partial charge in [0.15, 0.2) is 0 Å². The number of pyridine rings is 1. The molecule has 1 saturated carbocycles. The summed E-state index contributed by atoms with van der Waals surface area (Å²) in [6.07, 6.45) is -0.126. The number of anilines is 1. The van der Waals surface area contributed by atoms with E-state index in [9.17, 15) is 22.2 Å². The van der Waals surface area contributed by atoms with Crippen molar-refractivity contribution in [3.63, 3.8) is 0 Å². The number of nitrogens with one attached hydrogen (secondary N) is 1. The van der Waals surface area contributed by atoms with Crippen molar-refractivity contribution in [3.05, 3.63) is 63.5 Å². The van der Waals surface area contributed by atoms with Crippen LogP contribution in [0.2, 0.25) is 0 Å². The van der Waals surface area contributed by atoms with Crippen LogP contribution in [-0.2, 0) is 22.4 Å². The summed E-state index contributed by atoms with van der Waals surface area (Å²) in [6, 6.07) is 4.49. The smallest absolute Gasteiger partial charge is 0.266 e. The molecule has 37 heavy (non-hydrogen) atoms. The van der Waals surface area contributed by atoms with Gasteiger partial charge in [0.1, 0.15) is 29.3 Å². The minimum atomic E-state index is -2.97. The second-order valence-corrected chi connectivity index (χ2v) is 12.4. The molecule has 2 aromatic heterocycles. The van der Waals surface area contributed by atoms with Crippen LogP contribution >= 0.6 is 0 Å². The molecule has 1 aromatic carbocycles. The van der Waals surface area contributed by atoms with Gasteiger partial charge in [0.05, 0.1) is 28.6 Å². The summed E-state index contributed by atoms with van der Waals surface area (Å²) in [6.45, 7) is 1.59. The maximum Gasteiger partial charge on any atom is 0.266 e. The first kappa shape index (κ1) is 25.6. The van der Waals surface area contributed by atoms with Crippen molar-refractivity contribution in [2.45, 2.75) is 56.8 Å². The van der Waals surface area contributed by atoms with Crippen LogP contribution < -0.4 is 10.9 Å². The molecule has 1 atom stereocenters. The van der Waals surface area contributed by atoms with Crippen LogP contribution in [0, 0.1) is 5.82 Å². The topological polar surface area (TPSA) is 89.2 Å². The Bertz CT molecular complexity index is 1530. The normalized spacial score (nSPS) is 24.8. The highest BCUT2D eigenvalue weighted by atomic mass is 32.2. The quantitative estimate of drug-likeness (QED) is 0.439. The van der Waals surface area contributed by atoms with Crippen molar-refractivity contribution in [2.75, 3.05) is 16.8 Å². The minimum absolute atomic E-state index is 0.0121. The lowest BCUT2D eigenvalue weighted by Gasteiger charge is -2.31. The van der Waals surface area contributed by atoms with Crippen molar-refractivity contribution in [2.24, 2.45) is 11.4 Å². The monoisotopic (exact) mass is 537 g/mol. The number of aryl methyl sites for hydroxylation is 1. The first-order valence-electron chi connectivity index (χ1n) is 12.1. The molecule has 1 unspecified atom stereocenters. The van der Waals surface area contributed by atoms with E-state index in [0.717, 1.165) is 18.9 Å². The second kappa shape index (κ2) is 9.38. The third kappa shape index (κ3) is 4.83. The van der Waals surface area contributed by atoms with E-state index in [1.54, 1.807) is 6.92 Å². The molecule has 3 heterocycles. The second-order valence-electron chi connectivity index (χ2n) is 9.78. The Labute approximate surface area is 211 Å². The molecule has 1 saturated heterocycles. The Morgan fingerprint density at radius 3 is 2.51 bits per heavy atom. The van der Waals surface area contributed by atoms with Gasteiger partial charge in [-0.15, -0.1) is 0 Å². The van der Waals surface area contributed by atoms with E-state index in [2.05, 4.69) is 19.6 Å². The van der Waals surface area contributed by atoms with Crippen LogP contribution in [0.4, 0.5) is 23.4 Å². The Hall–Kier alpha value is -3.02. The van der Waals surface area contributed by atoms with E-state index >= 15 is 4.39 Å². The number of halogens is 4.